The largest absolute Gasteiger partial charge is 0.490 e. The summed E-state index contributed by atoms with van der Waals surface area (Å²) in [6.07, 6.45) is 6.08. The molecule has 2 aromatic rings. The first-order chi connectivity index (χ1) is 20.5. The van der Waals surface area contributed by atoms with E-state index >= 15 is 0 Å². The van der Waals surface area contributed by atoms with Crippen LogP contribution in [0, 0.1) is 17.8 Å². The van der Waals surface area contributed by atoms with Crippen molar-refractivity contribution in [3.63, 3.8) is 0 Å². The van der Waals surface area contributed by atoms with E-state index in [9.17, 15) is 14.1 Å². The zero-order chi connectivity index (χ0) is 30.5. The van der Waals surface area contributed by atoms with Crippen molar-refractivity contribution in [2.24, 2.45) is 17.8 Å². The Morgan fingerprint density at radius 3 is 2.74 bits per heavy atom. The standard InChI is InChI=1S/C34H46ClN3O4S/c1-21-14-27(36-3)17-31(39)28-10-7-25(28)18-38-19-34(13-5-6-23-15-26(35)9-11-29(23)34)20-42-32-12-8-24(16-30(32)38)33(40)37-43(4,41)22(21)2/h8-9,11-12,15-16,21-22,25,27-28,31,36,39H,4-7,10,13-14,17-20H2,1-3H3,(H,37,40,41)/t21-,22+,25-,27+,28+,31-,34-,43?/m0/s1. The van der Waals surface area contributed by atoms with E-state index in [1.54, 1.807) is 6.07 Å². The SMILES string of the molecule is C=S1(=O)NC(=O)c2ccc3c(c2)N(C[C@@H]2CC[C@H]2[C@@H](O)C[C@H](NC)C[C@H](C)[C@H]1C)C[C@@]1(CCCc2cc(Cl)ccc21)CO3. The van der Waals surface area contributed by atoms with Gasteiger partial charge in [-0.25, -0.2) is 4.21 Å². The summed E-state index contributed by atoms with van der Waals surface area (Å²) in [6, 6.07) is 11.9. The highest BCUT2D eigenvalue weighted by atomic mass is 35.5. The molecule has 2 aliphatic carbocycles. The third-order valence-corrected chi connectivity index (χ3v) is 13.4. The van der Waals surface area contributed by atoms with Crippen LogP contribution in [0.25, 0.3) is 0 Å². The van der Waals surface area contributed by atoms with Crippen molar-refractivity contribution in [1.82, 2.24) is 10.0 Å². The predicted octanol–water partition coefficient (Wildman–Crippen LogP) is 4.97. The molecule has 4 aliphatic rings. The number of amides is 1. The molecule has 3 N–H and O–H groups in total. The number of aryl methyl sites for hydroxylation is 1. The Kier molecular flexibility index (Phi) is 8.52. The van der Waals surface area contributed by atoms with Crippen molar-refractivity contribution < 1.29 is 18.8 Å². The van der Waals surface area contributed by atoms with Crippen molar-refractivity contribution in [2.45, 2.75) is 81.6 Å². The van der Waals surface area contributed by atoms with E-state index in [1.807, 2.05) is 32.2 Å². The van der Waals surface area contributed by atoms with E-state index in [0.717, 1.165) is 68.1 Å². The quantitative estimate of drug-likeness (QED) is 0.387. The third kappa shape index (κ3) is 5.92. The lowest BCUT2D eigenvalue weighted by Gasteiger charge is -2.46. The van der Waals surface area contributed by atoms with Gasteiger partial charge in [0.25, 0.3) is 5.91 Å². The van der Waals surface area contributed by atoms with Crippen LogP contribution in [0.5, 0.6) is 5.75 Å². The Bertz CT molecular complexity index is 1480. The molecule has 9 heteroatoms. The summed E-state index contributed by atoms with van der Waals surface area (Å²) in [6.45, 7) is 6.02. The zero-order valence-electron chi connectivity index (χ0n) is 25.6. The fraction of sp³-hybridized carbons (Fsp3) is 0.588. The molecule has 2 heterocycles. The van der Waals surface area contributed by atoms with E-state index in [4.69, 9.17) is 16.3 Å². The smallest absolute Gasteiger partial charge is 0.262 e. The lowest BCUT2D eigenvalue weighted by molar-refractivity contribution is 0.00355. The van der Waals surface area contributed by atoms with Crippen molar-refractivity contribution in [2.75, 3.05) is 31.6 Å². The summed E-state index contributed by atoms with van der Waals surface area (Å²) >= 11 is 6.42. The Morgan fingerprint density at radius 2 is 2.00 bits per heavy atom. The first-order valence-corrected chi connectivity index (χ1v) is 18.0. The summed E-state index contributed by atoms with van der Waals surface area (Å²) in [4.78, 5) is 16.0. The van der Waals surface area contributed by atoms with Gasteiger partial charge in [0.05, 0.1) is 28.1 Å². The highest BCUT2D eigenvalue weighted by molar-refractivity contribution is 7.99. The minimum Gasteiger partial charge on any atom is -0.490 e. The maximum atomic E-state index is 13.8. The van der Waals surface area contributed by atoms with Gasteiger partial charge in [0, 0.05) is 40.4 Å². The van der Waals surface area contributed by atoms with Crippen LogP contribution in [0.1, 0.15) is 73.9 Å². The van der Waals surface area contributed by atoms with Gasteiger partial charge in [-0.2, -0.15) is 0 Å². The lowest BCUT2D eigenvalue weighted by Crippen LogP contribution is -2.50. The molecule has 8 atom stereocenters. The van der Waals surface area contributed by atoms with Crippen molar-refractivity contribution in [3.8, 4) is 5.75 Å². The average molecular weight is 628 g/mol. The molecular weight excluding hydrogens is 582 g/mol. The molecule has 2 bridgehead atoms. The first-order valence-electron chi connectivity index (χ1n) is 15.8. The van der Waals surface area contributed by atoms with Crippen LogP contribution >= 0.6 is 11.6 Å². The van der Waals surface area contributed by atoms with Gasteiger partial charge in [-0.1, -0.05) is 24.6 Å². The Hall–Kier alpha value is -2.26. The Morgan fingerprint density at radius 1 is 1.19 bits per heavy atom. The molecule has 7 nitrogen and oxygen atoms in total. The average Bonchev–Trinajstić information content (AvgIpc) is 3.10. The van der Waals surface area contributed by atoms with Gasteiger partial charge in [-0.05, 0) is 124 Å². The molecule has 43 heavy (non-hydrogen) atoms. The number of rotatable bonds is 1. The normalized spacial score (nSPS) is 36.4. The molecule has 2 aromatic carbocycles. The first kappa shape index (κ1) is 30.8. The number of carbonyl (C=O) groups excluding carboxylic acids is 1. The summed E-state index contributed by atoms with van der Waals surface area (Å²) < 4.78 is 23.2. The van der Waals surface area contributed by atoms with Crippen LogP contribution in [0.3, 0.4) is 0 Å². The number of anilines is 1. The molecule has 1 amide bonds. The highest BCUT2D eigenvalue weighted by Crippen LogP contribution is 2.47. The van der Waals surface area contributed by atoms with Crippen LogP contribution in [0.15, 0.2) is 36.4 Å². The number of carbonyl (C=O) groups is 1. The molecule has 6 rings (SSSR count). The van der Waals surface area contributed by atoms with Crippen LogP contribution in [-0.2, 0) is 21.5 Å². The Labute approximate surface area is 261 Å². The van der Waals surface area contributed by atoms with Crippen molar-refractivity contribution in [1.29, 1.82) is 0 Å². The number of hydrogen-bond donors (Lipinski definition) is 3. The lowest BCUT2D eigenvalue weighted by atomic mass is 9.68. The second-order valence-electron chi connectivity index (χ2n) is 13.7. The van der Waals surface area contributed by atoms with E-state index in [-0.39, 0.29) is 34.4 Å². The number of fused-ring (bicyclic) bond motifs is 4. The summed E-state index contributed by atoms with van der Waals surface area (Å²) in [5.41, 5.74) is 3.68. The zero-order valence-corrected chi connectivity index (χ0v) is 27.2. The fourth-order valence-corrected chi connectivity index (χ4v) is 9.66. The summed E-state index contributed by atoms with van der Waals surface area (Å²) in [5, 5.41) is 15.3. The maximum Gasteiger partial charge on any atom is 0.262 e. The molecule has 0 radical (unpaired) electrons. The topological polar surface area (TPSA) is 90.9 Å². The van der Waals surface area contributed by atoms with E-state index < -0.39 is 15.8 Å². The van der Waals surface area contributed by atoms with Crippen molar-refractivity contribution in [3.05, 3.63) is 58.1 Å². The second kappa shape index (κ2) is 11.9. The number of aliphatic hydroxyl groups is 1. The van der Waals surface area contributed by atoms with Crippen LogP contribution in [0.2, 0.25) is 5.02 Å². The molecule has 1 spiro atoms. The van der Waals surface area contributed by atoms with Crippen LogP contribution in [0.4, 0.5) is 5.69 Å². The number of nitrogens with zero attached hydrogens (tertiary/aromatic N) is 1. The molecule has 0 aromatic heterocycles. The van der Waals surface area contributed by atoms with Gasteiger partial charge in [-0.15, -0.1) is 0 Å². The Balaban J connectivity index is 1.42. The van der Waals surface area contributed by atoms with Crippen LogP contribution in [-0.4, -0.2) is 65.2 Å². The monoisotopic (exact) mass is 627 g/mol. The number of nitrogens with one attached hydrogen (secondary N) is 2. The second-order valence-corrected chi connectivity index (χ2v) is 16.5. The summed E-state index contributed by atoms with van der Waals surface area (Å²) in [5.74, 6) is 4.93. The minimum absolute atomic E-state index is 0.0282. The van der Waals surface area contributed by atoms with Gasteiger partial charge in [0.15, 0.2) is 0 Å². The predicted molar refractivity (Wildman–Crippen MR) is 176 cm³/mol. The molecule has 0 saturated heterocycles. The van der Waals surface area contributed by atoms with Gasteiger partial charge < -0.3 is 20.1 Å². The minimum atomic E-state index is -2.94. The number of halogens is 1. The molecule has 234 valence electrons. The van der Waals surface area contributed by atoms with Gasteiger partial charge in [0.1, 0.15) is 5.75 Å². The number of ether oxygens (including phenoxy) is 1. The fourth-order valence-electron chi connectivity index (χ4n) is 7.99. The summed E-state index contributed by atoms with van der Waals surface area (Å²) in [7, 11) is -1.01. The molecule has 2 aliphatic heterocycles. The van der Waals surface area contributed by atoms with E-state index in [0.29, 0.717) is 24.5 Å². The molecule has 1 unspecified atom stereocenters. The van der Waals surface area contributed by atoms with Crippen LogP contribution < -0.4 is 19.7 Å². The molecule has 1 saturated carbocycles. The van der Waals surface area contributed by atoms with E-state index in [2.05, 4.69) is 39.9 Å². The van der Waals surface area contributed by atoms with Gasteiger partial charge >= 0.3 is 0 Å². The number of benzene rings is 2. The van der Waals surface area contributed by atoms with E-state index in [1.165, 1.54) is 11.1 Å². The highest BCUT2D eigenvalue weighted by Gasteiger charge is 2.44. The van der Waals surface area contributed by atoms with Crippen molar-refractivity contribution >= 4 is 38.8 Å². The maximum absolute atomic E-state index is 13.8. The number of aliphatic hydroxyl groups excluding tert-OH is 1. The molecule has 1 fully saturated rings. The molecular formula is C34H46ClN3O4S. The third-order valence-electron chi connectivity index (χ3n) is 11.0. The van der Waals surface area contributed by atoms with Gasteiger partial charge in [0.2, 0.25) is 0 Å². The number of hydrogen-bond acceptors (Lipinski definition) is 6. The van der Waals surface area contributed by atoms with Gasteiger partial charge in [-0.3, -0.25) is 9.52 Å².